The average Bonchev–Trinajstić information content (AvgIpc) is 3.24. The minimum atomic E-state index is -0.470. The highest BCUT2D eigenvalue weighted by atomic mass is 16.5. The molecule has 2 aromatic rings. The molecule has 0 spiro atoms. The van der Waals surface area contributed by atoms with Gasteiger partial charge in [0.2, 0.25) is 11.8 Å². The maximum atomic E-state index is 12.8. The molecule has 2 aliphatic heterocycles. The zero-order valence-corrected chi connectivity index (χ0v) is 17.2. The molecule has 1 aromatic heterocycles. The van der Waals surface area contributed by atoms with Gasteiger partial charge in [-0.05, 0) is 31.7 Å². The molecular weight excluding hydrogens is 382 g/mol. The van der Waals surface area contributed by atoms with Gasteiger partial charge in [0.15, 0.2) is 5.82 Å². The number of urea groups is 1. The van der Waals surface area contributed by atoms with Gasteiger partial charge in [-0.25, -0.2) is 4.79 Å². The summed E-state index contributed by atoms with van der Waals surface area (Å²) in [6, 6.07) is 10.0. The van der Waals surface area contributed by atoms with Crippen LogP contribution in [-0.4, -0.2) is 64.6 Å². The first-order valence-electron chi connectivity index (χ1n) is 10.7. The molecule has 3 heterocycles. The number of nitrogens with zero attached hydrogens (tertiary/aromatic N) is 4. The highest BCUT2D eigenvalue weighted by Crippen LogP contribution is 2.45. The van der Waals surface area contributed by atoms with E-state index in [0.29, 0.717) is 44.4 Å². The van der Waals surface area contributed by atoms with Crippen molar-refractivity contribution in [1.82, 2.24) is 25.3 Å². The van der Waals surface area contributed by atoms with Crippen LogP contribution in [0.3, 0.4) is 0 Å². The third kappa shape index (κ3) is 3.44. The lowest BCUT2D eigenvalue weighted by Crippen LogP contribution is -2.45. The van der Waals surface area contributed by atoms with Gasteiger partial charge in [-0.15, -0.1) is 0 Å². The molecule has 3 amide bonds. The molecule has 1 saturated carbocycles. The van der Waals surface area contributed by atoms with Crippen molar-refractivity contribution in [3.63, 3.8) is 0 Å². The van der Waals surface area contributed by atoms with Crippen LogP contribution in [0.2, 0.25) is 0 Å². The summed E-state index contributed by atoms with van der Waals surface area (Å²) in [5.74, 6) is 1.66. The molecule has 1 N–H and O–H groups in total. The number of fused-ring (bicyclic) bond motifs is 1. The molecule has 5 rings (SSSR count). The fraction of sp³-hybridized carbons (Fsp3) is 0.545. The zero-order valence-electron chi connectivity index (χ0n) is 17.2. The first kappa shape index (κ1) is 19.1. The summed E-state index contributed by atoms with van der Waals surface area (Å²) < 4.78 is 5.57. The lowest BCUT2D eigenvalue weighted by atomic mass is 9.81. The van der Waals surface area contributed by atoms with Gasteiger partial charge in [0, 0.05) is 44.6 Å². The lowest BCUT2D eigenvalue weighted by molar-refractivity contribution is -0.131. The fourth-order valence-electron chi connectivity index (χ4n) is 4.85. The van der Waals surface area contributed by atoms with Crippen LogP contribution in [0, 0.1) is 18.8 Å². The number of hydrogen-bond donors (Lipinski definition) is 1. The monoisotopic (exact) mass is 409 g/mol. The zero-order chi connectivity index (χ0) is 20.7. The molecule has 3 fully saturated rings. The van der Waals surface area contributed by atoms with Crippen LogP contribution in [0.25, 0.3) is 0 Å². The number of rotatable bonds is 5. The predicted molar refractivity (Wildman–Crippen MR) is 109 cm³/mol. The normalized spacial score (nSPS) is 25.4. The molecule has 1 aliphatic carbocycles. The first-order valence-corrected chi connectivity index (χ1v) is 10.7. The molecule has 3 aliphatic rings. The van der Waals surface area contributed by atoms with Crippen molar-refractivity contribution >= 4 is 11.9 Å². The summed E-state index contributed by atoms with van der Waals surface area (Å²) in [4.78, 5) is 33.8. The average molecular weight is 409 g/mol. The van der Waals surface area contributed by atoms with E-state index in [1.807, 2.05) is 28.0 Å². The van der Waals surface area contributed by atoms with E-state index in [1.54, 1.807) is 6.92 Å². The SMILES string of the molecule is Cc1noc([C@]23CN(C(=O)NCCc4ccccc4)C[C@H]2CN(C(=O)C2CC2)C3)n1. The molecule has 30 heavy (non-hydrogen) atoms. The highest BCUT2D eigenvalue weighted by Gasteiger charge is 2.59. The van der Waals surface area contributed by atoms with E-state index in [9.17, 15) is 9.59 Å². The van der Waals surface area contributed by atoms with Crippen molar-refractivity contribution in [3.8, 4) is 0 Å². The Morgan fingerprint density at radius 1 is 1.17 bits per heavy atom. The molecule has 0 unspecified atom stereocenters. The largest absolute Gasteiger partial charge is 0.341 e. The molecule has 2 atom stereocenters. The standard InChI is InChI=1S/C22H27N5O3/c1-15-24-20(30-25-15)22-13-26(19(28)17-7-8-17)11-18(22)12-27(14-22)21(29)23-10-9-16-5-3-2-4-6-16/h2-6,17-18H,7-14H2,1H3,(H,23,29)/t18-,22-/m1/s1. The van der Waals surface area contributed by atoms with Gasteiger partial charge < -0.3 is 19.6 Å². The van der Waals surface area contributed by atoms with Crippen LogP contribution in [-0.2, 0) is 16.6 Å². The summed E-state index contributed by atoms with van der Waals surface area (Å²) in [6.07, 6.45) is 2.77. The number of nitrogens with one attached hydrogen (secondary N) is 1. The smallest absolute Gasteiger partial charge is 0.317 e. The second-order valence-electron chi connectivity index (χ2n) is 8.84. The summed E-state index contributed by atoms with van der Waals surface area (Å²) in [7, 11) is 0. The topological polar surface area (TPSA) is 91.6 Å². The number of aromatic nitrogens is 2. The maximum absolute atomic E-state index is 12.8. The second kappa shape index (κ2) is 7.41. The quantitative estimate of drug-likeness (QED) is 0.812. The molecule has 2 saturated heterocycles. The van der Waals surface area contributed by atoms with Crippen molar-refractivity contribution < 1.29 is 14.1 Å². The summed E-state index contributed by atoms with van der Waals surface area (Å²) in [5.41, 5.74) is 0.728. The van der Waals surface area contributed by atoms with Crippen LogP contribution in [0.15, 0.2) is 34.9 Å². The number of aryl methyl sites for hydroxylation is 1. The van der Waals surface area contributed by atoms with Crippen LogP contribution in [0.1, 0.15) is 30.1 Å². The van der Waals surface area contributed by atoms with Crippen LogP contribution in [0.4, 0.5) is 4.79 Å². The third-order valence-electron chi connectivity index (χ3n) is 6.62. The summed E-state index contributed by atoms with van der Waals surface area (Å²) in [6.45, 7) is 4.65. The van der Waals surface area contributed by atoms with E-state index in [-0.39, 0.29) is 23.8 Å². The Morgan fingerprint density at radius 2 is 1.90 bits per heavy atom. The van der Waals surface area contributed by atoms with Crippen molar-refractivity contribution in [3.05, 3.63) is 47.6 Å². The molecular formula is C22H27N5O3. The van der Waals surface area contributed by atoms with Gasteiger partial charge in [0.25, 0.3) is 0 Å². The summed E-state index contributed by atoms with van der Waals surface area (Å²) in [5, 5.41) is 7.02. The Labute approximate surface area is 175 Å². The number of benzene rings is 1. The van der Waals surface area contributed by atoms with Gasteiger partial charge in [-0.3, -0.25) is 4.79 Å². The van der Waals surface area contributed by atoms with Crippen molar-refractivity contribution in [2.45, 2.75) is 31.6 Å². The Hall–Kier alpha value is -2.90. The number of carbonyl (C=O) groups is 2. The Morgan fingerprint density at radius 3 is 2.60 bits per heavy atom. The minimum absolute atomic E-state index is 0.0731. The van der Waals surface area contributed by atoms with E-state index in [4.69, 9.17) is 4.52 Å². The fourth-order valence-corrected chi connectivity index (χ4v) is 4.85. The molecule has 158 valence electrons. The second-order valence-corrected chi connectivity index (χ2v) is 8.84. The third-order valence-corrected chi connectivity index (χ3v) is 6.62. The van der Waals surface area contributed by atoms with Crippen molar-refractivity contribution in [1.29, 1.82) is 0 Å². The Balaban J connectivity index is 1.27. The van der Waals surface area contributed by atoms with E-state index in [0.717, 1.165) is 19.3 Å². The first-order chi connectivity index (χ1) is 14.5. The molecule has 0 radical (unpaired) electrons. The van der Waals surface area contributed by atoms with Gasteiger partial charge >= 0.3 is 6.03 Å². The lowest BCUT2D eigenvalue weighted by Gasteiger charge is -2.26. The van der Waals surface area contributed by atoms with E-state index in [1.165, 1.54) is 5.56 Å². The van der Waals surface area contributed by atoms with Crippen LogP contribution in [0.5, 0.6) is 0 Å². The number of carbonyl (C=O) groups excluding carboxylic acids is 2. The summed E-state index contributed by atoms with van der Waals surface area (Å²) >= 11 is 0. The Bertz CT molecular complexity index is 941. The molecule has 8 heteroatoms. The van der Waals surface area contributed by atoms with Gasteiger partial charge in [-0.2, -0.15) is 4.98 Å². The predicted octanol–water partition coefficient (Wildman–Crippen LogP) is 1.75. The Kier molecular flexibility index (Phi) is 4.72. The van der Waals surface area contributed by atoms with E-state index in [2.05, 4.69) is 27.6 Å². The number of amides is 3. The van der Waals surface area contributed by atoms with Gasteiger partial charge in [-0.1, -0.05) is 35.5 Å². The van der Waals surface area contributed by atoms with Crippen LogP contribution >= 0.6 is 0 Å². The van der Waals surface area contributed by atoms with E-state index >= 15 is 0 Å². The van der Waals surface area contributed by atoms with Gasteiger partial charge in [0.05, 0.1) is 5.41 Å². The van der Waals surface area contributed by atoms with Gasteiger partial charge in [0.1, 0.15) is 0 Å². The maximum Gasteiger partial charge on any atom is 0.317 e. The highest BCUT2D eigenvalue weighted by molar-refractivity contribution is 5.82. The number of likely N-dealkylation sites (tertiary alicyclic amines) is 2. The molecule has 1 aromatic carbocycles. The van der Waals surface area contributed by atoms with E-state index < -0.39 is 5.41 Å². The minimum Gasteiger partial charge on any atom is -0.341 e. The van der Waals surface area contributed by atoms with Crippen LogP contribution < -0.4 is 5.32 Å². The number of hydrogen-bond acceptors (Lipinski definition) is 5. The molecule has 0 bridgehead atoms. The van der Waals surface area contributed by atoms with Crippen molar-refractivity contribution in [2.24, 2.45) is 11.8 Å². The van der Waals surface area contributed by atoms with Crippen molar-refractivity contribution in [2.75, 3.05) is 32.7 Å². The molecule has 8 nitrogen and oxygen atoms in total.